The van der Waals surface area contributed by atoms with Crippen LogP contribution in [0.15, 0.2) is 52.3 Å². The van der Waals surface area contributed by atoms with Crippen LogP contribution in [0.4, 0.5) is 0 Å². The molecule has 29 heavy (non-hydrogen) atoms. The van der Waals surface area contributed by atoms with Gasteiger partial charge in [-0.15, -0.1) is 11.8 Å². The maximum atomic E-state index is 5.91. The average molecular weight is 473 g/mol. The van der Waals surface area contributed by atoms with Gasteiger partial charge in [0.05, 0.1) is 12.1 Å². The molecule has 154 valence electrons. The molecular weight excluding hydrogens is 444 g/mol. The summed E-state index contributed by atoms with van der Waals surface area (Å²) in [6, 6.07) is 13.1. The highest BCUT2D eigenvalue weighted by molar-refractivity contribution is 9.10. The smallest absolute Gasteiger partial charge is 0.121 e. The van der Waals surface area contributed by atoms with E-state index in [1.807, 2.05) is 18.7 Å². The van der Waals surface area contributed by atoms with Crippen molar-refractivity contribution in [1.29, 1.82) is 0 Å². The summed E-state index contributed by atoms with van der Waals surface area (Å²) in [7, 11) is 6.34. The third-order valence-corrected chi connectivity index (χ3v) is 6.38. The van der Waals surface area contributed by atoms with E-state index in [2.05, 4.69) is 96.4 Å². The number of nitrogens with zero attached hydrogens (tertiary/aromatic N) is 2. The third kappa shape index (κ3) is 4.90. The number of hydrogen-bond donors (Lipinski definition) is 0. The zero-order valence-corrected chi connectivity index (χ0v) is 20.3. The molecule has 0 spiro atoms. The molecule has 0 aliphatic heterocycles. The zero-order valence-electron chi connectivity index (χ0n) is 17.9. The summed E-state index contributed by atoms with van der Waals surface area (Å²) in [5.74, 6) is 1.61. The van der Waals surface area contributed by atoms with Crippen LogP contribution in [-0.4, -0.2) is 30.2 Å². The van der Waals surface area contributed by atoms with E-state index in [-0.39, 0.29) is 0 Å². The maximum Gasteiger partial charge on any atom is 0.121 e. The fraction of sp³-hybridized carbons (Fsp3) is 0.333. The minimum atomic E-state index is 0.610. The first-order valence-electron chi connectivity index (χ1n) is 9.77. The summed E-state index contributed by atoms with van der Waals surface area (Å²) < 4.78 is 9.29. The van der Waals surface area contributed by atoms with E-state index in [4.69, 9.17) is 4.74 Å². The molecule has 3 nitrogen and oxygen atoms in total. The van der Waals surface area contributed by atoms with Gasteiger partial charge in [-0.25, -0.2) is 0 Å². The summed E-state index contributed by atoms with van der Waals surface area (Å²) in [6.45, 7) is 9.89. The van der Waals surface area contributed by atoms with Crippen LogP contribution in [0.25, 0.3) is 16.7 Å². The van der Waals surface area contributed by atoms with E-state index >= 15 is 0 Å². The third-order valence-electron chi connectivity index (χ3n) is 4.92. The number of halogens is 1. The number of ether oxygens (including phenoxy) is 1. The summed E-state index contributed by atoms with van der Waals surface area (Å²) >= 11 is 5.55. The van der Waals surface area contributed by atoms with Crippen LogP contribution in [0.5, 0.6) is 0 Å². The van der Waals surface area contributed by atoms with Crippen LogP contribution in [0.2, 0.25) is 0 Å². The van der Waals surface area contributed by atoms with Crippen molar-refractivity contribution in [2.45, 2.75) is 31.0 Å². The predicted octanol–water partition coefficient (Wildman–Crippen LogP) is 6.61. The van der Waals surface area contributed by atoms with Gasteiger partial charge in [0, 0.05) is 45.4 Å². The van der Waals surface area contributed by atoms with Gasteiger partial charge in [-0.05, 0) is 57.8 Å². The van der Waals surface area contributed by atoms with E-state index < -0.39 is 0 Å². The average Bonchev–Trinajstić information content (AvgIpc) is 2.92. The minimum Gasteiger partial charge on any atom is -0.494 e. The number of rotatable bonds is 8. The van der Waals surface area contributed by atoms with Crippen molar-refractivity contribution >= 4 is 44.4 Å². The number of benzene rings is 2. The van der Waals surface area contributed by atoms with Gasteiger partial charge in [0.1, 0.15) is 5.76 Å². The molecule has 0 saturated carbocycles. The van der Waals surface area contributed by atoms with Crippen molar-refractivity contribution in [2.75, 3.05) is 20.7 Å². The quantitative estimate of drug-likeness (QED) is 0.271. The van der Waals surface area contributed by atoms with Crippen molar-refractivity contribution in [2.24, 2.45) is 7.05 Å². The molecule has 0 unspecified atom stereocenters. The molecule has 0 radical (unpaired) electrons. The van der Waals surface area contributed by atoms with Gasteiger partial charge in [0.2, 0.25) is 0 Å². The van der Waals surface area contributed by atoms with Crippen molar-refractivity contribution in [3.05, 3.63) is 69.8 Å². The highest BCUT2D eigenvalue weighted by Gasteiger charge is 2.22. The minimum absolute atomic E-state index is 0.610. The molecule has 0 aliphatic carbocycles. The SMILES string of the molecule is C=C(OCC)c1c(CSc2cccc(C)c2)n(C)c2cc(Br)cc(CN(C)C)c12. The topological polar surface area (TPSA) is 17.4 Å². The second kappa shape index (κ2) is 9.41. The number of fused-ring (bicyclic) bond motifs is 1. The Morgan fingerprint density at radius 2 is 2.00 bits per heavy atom. The molecule has 5 heteroatoms. The predicted molar refractivity (Wildman–Crippen MR) is 129 cm³/mol. The van der Waals surface area contributed by atoms with E-state index in [0.717, 1.165) is 28.1 Å². The van der Waals surface area contributed by atoms with Crippen molar-refractivity contribution < 1.29 is 4.74 Å². The van der Waals surface area contributed by atoms with E-state index in [1.165, 1.54) is 32.6 Å². The molecule has 2 aromatic carbocycles. The number of hydrogen-bond acceptors (Lipinski definition) is 3. The van der Waals surface area contributed by atoms with Crippen LogP contribution in [0.1, 0.15) is 29.3 Å². The highest BCUT2D eigenvalue weighted by Crippen LogP contribution is 2.38. The number of aromatic nitrogens is 1. The summed E-state index contributed by atoms with van der Waals surface area (Å²) in [4.78, 5) is 3.47. The molecule has 3 aromatic rings. The van der Waals surface area contributed by atoms with Crippen LogP contribution >= 0.6 is 27.7 Å². The second-order valence-corrected chi connectivity index (χ2v) is 9.50. The van der Waals surface area contributed by atoms with E-state index in [1.54, 1.807) is 0 Å². The number of thioether (sulfide) groups is 1. The molecule has 3 rings (SSSR count). The molecule has 0 atom stereocenters. The lowest BCUT2D eigenvalue weighted by molar-refractivity contribution is 0.299. The van der Waals surface area contributed by atoms with Gasteiger partial charge in [-0.1, -0.05) is 40.2 Å². The molecule has 0 fully saturated rings. The number of aryl methyl sites for hydroxylation is 2. The first-order chi connectivity index (χ1) is 13.8. The van der Waals surface area contributed by atoms with Crippen LogP contribution in [-0.2, 0) is 24.1 Å². The molecule has 0 N–H and O–H groups in total. The zero-order chi connectivity index (χ0) is 21.1. The molecular formula is C24H29BrN2OS. The van der Waals surface area contributed by atoms with Gasteiger partial charge < -0.3 is 14.2 Å². The van der Waals surface area contributed by atoms with E-state index in [9.17, 15) is 0 Å². The Balaban J connectivity index is 2.15. The Morgan fingerprint density at radius 1 is 1.24 bits per heavy atom. The van der Waals surface area contributed by atoms with Crippen LogP contribution in [0.3, 0.4) is 0 Å². The Morgan fingerprint density at radius 3 is 2.66 bits per heavy atom. The first kappa shape index (κ1) is 22.0. The van der Waals surface area contributed by atoms with Gasteiger partial charge >= 0.3 is 0 Å². The molecule has 0 bridgehead atoms. The first-order valence-corrected chi connectivity index (χ1v) is 11.6. The Hall–Kier alpha value is -1.69. The molecule has 0 amide bonds. The second-order valence-electron chi connectivity index (χ2n) is 7.54. The summed E-state index contributed by atoms with van der Waals surface area (Å²) in [5.41, 5.74) is 6.13. The standard InChI is InChI=1S/C24H29BrN2OS/c1-7-28-17(3)23-22(15-29-20-10-8-9-16(2)11-20)27(6)21-13-19(25)12-18(24(21)23)14-26(4)5/h8-13H,3,7,14-15H2,1-2,4-6H3. The Kier molecular flexibility index (Phi) is 7.14. The van der Waals surface area contributed by atoms with Gasteiger partial charge in [0.25, 0.3) is 0 Å². The lowest BCUT2D eigenvalue weighted by Gasteiger charge is -2.14. The van der Waals surface area contributed by atoms with E-state index in [0.29, 0.717) is 6.61 Å². The lowest BCUT2D eigenvalue weighted by atomic mass is 10.0. The van der Waals surface area contributed by atoms with Crippen molar-refractivity contribution in [3.63, 3.8) is 0 Å². The molecule has 1 aromatic heterocycles. The Bertz CT molecular complexity index is 1040. The molecule has 0 aliphatic rings. The van der Waals surface area contributed by atoms with Crippen molar-refractivity contribution in [1.82, 2.24) is 9.47 Å². The fourth-order valence-corrected chi connectivity index (χ4v) is 5.27. The fourth-order valence-electron chi connectivity index (χ4n) is 3.70. The maximum absolute atomic E-state index is 5.91. The highest BCUT2D eigenvalue weighted by atomic mass is 79.9. The molecule has 0 saturated heterocycles. The largest absolute Gasteiger partial charge is 0.494 e. The summed E-state index contributed by atoms with van der Waals surface area (Å²) in [5, 5.41) is 1.24. The normalized spacial score (nSPS) is 11.4. The molecule has 1 heterocycles. The van der Waals surface area contributed by atoms with Gasteiger partial charge in [-0.3, -0.25) is 0 Å². The van der Waals surface area contributed by atoms with Crippen LogP contribution in [0, 0.1) is 6.92 Å². The Labute approximate surface area is 186 Å². The van der Waals surface area contributed by atoms with Crippen LogP contribution < -0.4 is 0 Å². The lowest BCUT2D eigenvalue weighted by Crippen LogP contribution is -2.11. The van der Waals surface area contributed by atoms with Crippen molar-refractivity contribution in [3.8, 4) is 0 Å². The summed E-state index contributed by atoms with van der Waals surface area (Å²) in [6.07, 6.45) is 0. The van der Waals surface area contributed by atoms with Gasteiger partial charge in [-0.2, -0.15) is 0 Å². The monoisotopic (exact) mass is 472 g/mol. The van der Waals surface area contributed by atoms with Gasteiger partial charge in [0.15, 0.2) is 0 Å².